The van der Waals surface area contributed by atoms with Crippen LogP contribution in [0, 0.1) is 6.92 Å². The second kappa shape index (κ2) is 10.3. The van der Waals surface area contributed by atoms with E-state index in [2.05, 4.69) is 26.8 Å². The standard InChI is InChI=1S/C20H22BrClN2O4/c1-12(2)16-9-17(21)13(3)8-18(16)28-11-20(26)24-23-19(25)10-27-15-6-4-14(22)5-7-15/h4-9,12H,10-11H2,1-3H3,(H,23,25)(H,24,26). The Kier molecular flexibility index (Phi) is 8.14. The minimum atomic E-state index is -0.495. The van der Waals surface area contributed by atoms with Gasteiger partial charge in [0.25, 0.3) is 11.8 Å². The summed E-state index contributed by atoms with van der Waals surface area (Å²) in [6.45, 7) is 5.57. The Morgan fingerprint density at radius 3 is 2.18 bits per heavy atom. The first kappa shape index (κ1) is 22.0. The lowest BCUT2D eigenvalue weighted by molar-refractivity contribution is -0.131. The first-order valence-corrected chi connectivity index (χ1v) is 9.82. The van der Waals surface area contributed by atoms with Gasteiger partial charge in [0.2, 0.25) is 0 Å². The number of rotatable bonds is 7. The summed E-state index contributed by atoms with van der Waals surface area (Å²) in [6, 6.07) is 10.5. The third-order valence-electron chi connectivity index (χ3n) is 3.80. The average Bonchev–Trinajstić information content (AvgIpc) is 2.66. The van der Waals surface area contributed by atoms with Crippen LogP contribution in [0.25, 0.3) is 0 Å². The van der Waals surface area contributed by atoms with E-state index >= 15 is 0 Å². The third kappa shape index (κ3) is 6.73. The molecule has 6 nitrogen and oxygen atoms in total. The molecule has 0 bridgehead atoms. The normalized spacial score (nSPS) is 10.5. The maximum atomic E-state index is 11.9. The van der Waals surface area contributed by atoms with Gasteiger partial charge in [0.1, 0.15) is 11.5 Å². The molecule has 0 heterocycles. The summed E-state index contributed by atoms with van der Waals surface area (Å²) in [5, 5.41) is 0.575. The Hall–Kier alpha value is -2.25. The van der Waals surface area contributed by atoms with Gasteiger partial charge >= 0.3 is 0 Å². The Labute approximate surface area is 177 Å². The van der Waals surface area contributed by atoms with E-state index < -0.39 is 11.8 Å². The number of amides is 2. The second-order valence-electron chi connectivity index (χ2n) is 6.42. The molecule has 0 aliphatic carbocycles. The van der Waals surface area contributed by atoms with Gasteiger partial charge in [-0.25, -0.2) is 0 Å². The maximum Gasteiger partial charge on any atom is 0.276 e. The molecule has 8 heteroatoms. The highest BCUT2D eigenvalue weighted by atomic mass is 79.9. The van der Waals surface area contributed by atoms with Crippen LogP contribution in [0.4, 0.5) is 0 Å². The first-order valence-electron chi connectivity index (χ1n) is 8.65. The lowest BCUT2D eigenvalue weighted by atomic mass is 10.0. The second-order valence-corrected chi connectivity index (χ2v) is 7.71. The molecule has 2 N–H and O–H groups in total. The fraction of sp³-hybridized carbons (Fsp3) is 0.300. The molecule has 0 unspecified atom stereocenters. The van der Waals surface area contributed by atoms with Crippen LogP contribution < -0.4 is 20.3 Å². The van der Waals surface area contributed by atoms with Crippen LogP contribution in [0.15, 0.2) is 40.9 Å². The zero-order valence-electron chi connectivity index (χ0n) is 15.8. The van der Waals surface area contributed by atoms with Gasteiger partial charge in [-0.2, -0.15) is 0 Å². The predicted molar refractivity (Wildman–Crippen MR) is 112 cm³/mol. The van der Waals surface area contributed by atoms with Gasteiger partial charge in [-0.3, -0.25) is 20.4 Å². The molecule has 2 rings (SSSR count). The van der Waals surface area contributed by atoms with Crippen LogP contribution in [0.5, 0.6) is 11.5 Å². The minimum absolute atomic E-state index is 0.223. The first-order chi connectivity index (χ1) is 13.3. The molecule has 28 heavy (non-hydrogen) atoms. The highest BCUT2D eigenvalue weighted by molar-refractivity contribution is 9.10. The summed E-state index contributed by atoms with van der Waals surface area (Å²) < 4.78 is 11.9. The van der Waals surface area contributed by atoms with Crippen LogP contribution >= 0.6 is 27.5 Å². The van der Waals surface area contributed by atoms with Crippen LogP contribution in [-0.2, 0) is 9.59 Å². The fourth-order valence-corrected chi connectivity index (χ4v) is 2.77. The topological polar surface area (TPSA) is 76.7 Å². The monoisotopic (exact) mass is 468 g/mol. The van der Waals surface area contributed by atoms with Crippen molar-refractivity contribution in [3.63, 3.8) is 0 Å². The summed E-state index contributed by atoms with van der Waals surface area (Å²) in [6.07, 6.45) is 0. The summed E-state index contributed by atoms with van der Waals surface area (Å²) >= 11 is 9.28. The van der Waals surface area contributed by atoms with E-state index in [-0.39, 0.29) is 19.1 Å². The van der Waals surface area contributed by atoms with Crippen molar-refractivity contribution in [2.24, 2.45) is 0 Å². The Morgan fingerprint density at radius 1 is 1.04 bits per heavy atom. The molecule has 0 aliphatic rings. The summed E-state index contributed by atoms with van der Waals surface area (Å²) in [7, 11) is 0. The van der Waals surface area contributed by atoms with Gasteiger partial charge in [-0.1, -0.05) is 41.4 Å². The number of carbonyl (C=O) groups excluding carboxylic acids is 2. The summed E-state index contributed by atoms with van der Waals surface area (Å²) in [5.41, 5.74) is 6.58. The number of benzene rings is 2. The molecule has 2 amide bonds. The third-order valence-corrected chi connectivity index (χ3v) is 4.90. The van der Waals surface area contributed by atoms with Crippen LogP contribution in [0.1, 0.15) is 30.9 Å². The van der Waals surface area contributed by atoms with Crippen molar-refractivity contribution in [2.45, 2.75) is 26.7 Å². The Balaban J connectivity index is 1.79. The number of hydrogen-bond donors (Lipinski definition) is 2. The van der Waals surface area contributed by atoms with E-state index in [9.17, 15) is 9.59 Å². The molecule has 0 saturated carbocycles. The predicted octanol–water partition coefficient (Wildman–Crippen LogP) is 4.14. The number of aryl methyl sites for hydroxylation is 1. The van der Waals surface area contributed by atoms with Crippen molar-refractivity contribution in [2.75, 3.05) is 13.2 Å². The van der Waals surface area contributed by atoms with E-state index in [1.165, 1.54) is 0 Å². The lowest BCUT2D eigenvalue weighted by Crippen LogP contribution is -2.45. The number of ether oxygens (including phenoxy) is 2. The Morgan fingerprint density at radius 2 is 1.61 bits per heavy atom. The van der Waals surface area contributed by atoms with Crippen molar-refractivity contribution < 1.29 is 19.1 Å². The molecule has 0 aromatic heterocycles. The molecule has 0 aliphatic heterocycles. The van der Waals surface area contributed by atoms with Gasteiger partial charge in [0.05, 0.1) is 0 Å². The van der Waals surface area contributed by atoms with Crippen LogP contribution in [0.3, 0.4) is 0 Å². The van der Waals surface area contributed by atoms with Gasteiger partial charge < -0.3 is 9.47 Å². The molecule has 0 atom stereocenters. The molecular formula is C20H22BrClN2O4. The van der Waals surface area contributed by atoms with Gasteiger partial charge in [-0.15, -0.1) is 0 Å². The molecule has 0 fully saturated rings. The molecule has 0 spiro atoms. The number of hydrogen-bond acceptors (Lipinski definition) is 4. The molecule has 0 saturated heterocycles. The molecule has 0 radical (unpaired) electrons. The lowest BCUT2D eigenvalue weighted by Gasteiger charge is -2.16. The maximum absolute atomic E-state index is 11.9. The van der Waals surface area contributed by atoms with E-state index in [1.54, 1.807) is 24.3 Å². The average molecular weight is 470 g/mol. The van der Waals surface area contributed by atoms with Crippen LogP contribution in [0.2, 0.25) is 5.02 Å². The zero-order valence-corrected chi connectivity index (χ0v) is 18.2. The Bertz CT molecular complexity index is 841. The molecule has 150 valence electrons. The fourth-order valence-electron chi connectivity index (χ4n) is 2.28. The highest BCUT2D eigenvalue weighted by Crippen LogP contribution is 2.32. The highest BCUT2D eigenvalue weighted by Gasteiger charge is 2.13. The number of hydrazine groups is 1. The number of halogens is 2. The van der Waals surface area contributed by atoms with E-state index in [1.807, 2.05) is 32.9 Å². The number of nitrogens with one attached hydrogen (secondary N) is 2. The zero-order chi connectivity index (χ0) is 20.7. The largest absolute Gasteiger partial charge is 0.484 e. The van der Waals surface area contributed by atoms with Crippen LogP contribution in [-0.4, -0.2) is 25.0 Å². The molecule has 2 aromatic rings. The van der Waals surface area contributed by atoms with Gasteiger partial charge in [0.15, 0.2) is 13.2 Å². The summed E-state index contributed by atoms with van der Waals surface area (Å²) in [4.78, 5) is 23.7. The van der Waals surface area contributed by atoms with Crippen molar-refractivity contribution in [1.82, 2.24) is 10.9 Å². The van der Waals surface area contributed by atoms with Crippen molar-refractivity contribution in [3.05, 3.63) is 57.0 Å². The quantitative estimate of drug-likeness (QED) is 0.598. The van der Waals surface area contributed by atoms with E-state index in [4.69, 9.17) is 21.1 Å². The molecule has 2 aromatic carbocycles. The van der Waals surface area contributed by atoms with Crippen molar-refractivity contribution in [1.29, 1.82) is 0 Å². The molecular weight excluding hydrogens is 448 g/mol. The van der Waals surface area contributed by atoms with Gasteiger partial charge in [-0.05, 0) is 60.4 Å². The van der Waals surface area contributed by atoms with E-state index in [0.29, 0.717) is 16.5 Å². The number of carbonyl (C=O) groups is 2. The van der Waals surface area contributed by atoms with Crippen molar-refractivity contribution >= 4 is 39.3 Å². The van der Waals surface area contributed by atoms with E-state index in [0.717, 1.165) is 15.6 Å². The van der Waals surface area contributed by atoms with Gasteiger partial charge in [0, 0.05) is 9.50 Å². The summed E-state index contributed by atoms with van der Waals surface area (Å²) in [5.74, 6) is 0.407. The minimum Gasteiger partial charge on any atom is -0.484 e. The van der Waals surface area contributed by atoms with Crippen molar-refractivity contribution in [3.8, 4) is 11.5 Å². The SMILES string of the molecule is Cc1cc(OCC(=O)NNC(=O)COc2ccc(Cl)cc2)c(C(C)C)cc1Br. The smallest absolute Gasteiger partial charge is 0.276 e.